The molecule has 3 rings (SSSR count). The van der Waals surface area contributed by atoms with E-state index in [1.165, 1.54) is 25.6 Å². The maximum Gasteiger partial charge on any atom is 0.349 e. The molecule has 0 aliphatic heterocycles. The lowest BCUT2D eigenvalue weighted by Crippen LogP contribution is -2.20. The van der Waals surface area contributed by atoms with Crippen molar-refractivity contribution in [1.29, 1.82) is 0 Å². The van der Waals surface area contributed by atoms with Gasteiger partial charge in [0.05, 0.1) is 24.8 Å². The Morgan fingerprint density at radius 2 is 1.76 bits per heavy atom. The number of carbonyl (C=O) groups is 2. The summed E-state index contributed by atoms with van der Waals surface area (Å²) in [5.41, 5.74) is 2.77. The van der Waals surface area contributed by atoms with Crippen LogP contribution in [0.15, 0.2) is 36.4 Å². The molecule has 150 valence electrons. The van der Waals surface area contributed by atoms with Crippen LogP contribution in [0.5, 0.6) is 0 Å². The number of halogens is 1. The molecule has 0 saturated heterocycles. The first-order chi connectivity index (χ1) is 13.8. The number of hydrogen-bond donors (Lipinski definition) is 2. The Kier molecular flexibility index (Phi) is 6.36. The van der Waals surface area contributed by atoms with Gasteiger partial charge in [0.25, 0.3) is 0 Å². The minimum Gasteiger partial charge on any atom is -0.465 e. The van der Waals surface area contributed by atoms with Gasteiger partial charge in [0.15, 0.2) is 5.11 Å². The molecular weight excluding hydrogens is 432 g/mol. The van der Waals surface area contributed by atoms with Crippen LogP contribution in [0.1, 0.15) is 25.6 Å². The Bertz CT molecular complexity index is 1130. The molecule has 29 heavy (non-hydrogen) atoms. The number of rotatable bonds is 4. The smallest absolute Gasteiger partial charge is 0.349 e. The zero-order valence-corrected chi connectivity index (χ0v) is 18.2. The molecule has 1 aromatic heterocycles. The Morgan fingerprint density at radius 1 is 1.03 bits per heavy atom. The molecular formula is C20H17ClN2O4S2. The molecule has 1 heterocycles. The van der Waals surface area contributed by atoms with Crippen molar-refractivity contribution in [1.82, 2.24) is 0 Å². The highest BCUT2D eigenvalue weighted by Crippen LogP contribution is 2.37. The molecule has 0 fully saturated rings. The van der Waals surface area contributed by atoms with Crippen molar-refractivity contribution in [3.05, 3.63) is 57.4 Å². The summed E-state index contributed by atoms with van der Waals surface area (Å²) in [5.74, 6) is -0.891. The average Bonchev–Trinajstić information content (AvgIpc) is 3.04. The summed E-state index contributed by atoms with van der Waals surface area (Å²) >= 11 is 12.9. The van der Waals surface area contributed by atoms with E-state index in [1.54, 1.807) is 12.1 Å². The van der Waals surface area contributed by atoms with Gasteiger partial charge in [-0.05, 0) is 55.0 Å². The summed E-state index contributed by atoms with van der Waals surface area (Å²) in [6.07, 6.45) is 0. The topological polar surface area (TPSA) is 76.7 Å². The van der Waals surface area contributed by atoms with Crippen LogP contribution >= 0.6 is 35.2 Å². The normalized spacial score (nSPS) is 10.5. The number of fused-ring (bicyclic) bond motifs is 1. The van der Waals surface area contributed by atoms with Gasteiger partial charge in [-0.2, -0.15) is 0 Å². The lowest BCUT2D eigenvalue weighted by atomic mass is 10.1. The minimum atomic E-state index is -0.469. The maximum absolute atomic E-state index is 11.8. The zero-order chi connectivity index (χ0) is 21.1. The number of methoxy groups -OCH3 is 2. The largest absolute Gasteiger partial charge is 0.465 e. The molecule has 0 unspecified atom stereocenters. The second-order valence-corrected chi connectivity index (χ2v) is 7.89. The summed E-state index contributed by atoms with van der Waals surface area (Å²) < 4.78 is 10.3. The van der Waals surface area contributed by atoms with Crippen LogP contribution in [-0.4, -0.2) is 31.3 Å². The third-order valence-electron chi connectivity index (χ3n) is 4.16. The molecule has 2 aromatic carbocycles. The fraction of sp³-hybridized carbons (Fsp3) is 0.150. The molecule has 0 atom stereocenters. The first-order valence-electron chi connectivity index (χ1n) is 8.41. The standard InChI is InChI=1S/C20H17ClN2O4S2/c1-10-4-5-11(18(24)26-2)8-14(10)23-20(28)22-12-6-7-13-15(9-12)29-17(16(13)21)19(25)27-3/h4-9H,1-3H3,(H2,22,23,28). The summed E-state index contributed by atoms with van der Waals surface area (Å²) in [6.45, 7) is 1.90. The van der Waals surface area contributed by atoms with Crippen LogP contribution in [0.3, 0.4) is 0 Å². The Morgan fingerprint density at radius 3 is 2.45 bits per heavy atom. The number of esters is 2. The third kappa shape index (κ3) is 4.50. The van der Waals surface area contributed by atoms with Gasteiger partial charge in [-0.15, -0.1) is 11.3 Å². The van der Waals surface area contributed by atoms with E-state index in [1.807, 2.05) is 31.2 Å². The van der Waals surface area contributed by atoms with Gasteiger partial charge >= 0.3 is 11.9 Å². The summed E-state index contributed by atoms with van der Waals surface area (Å²) in [6, 6.07) is 10.7. The van der Waals surface area contributed by atoms with Gasteiger partial charge in [-0.1, -0.05) is 17.7 Å². The number of thiocarbonyl (C=S) groups is 1. The molecule has 2 N–H and O–H groups in total. The molecule has 9 heteroatoms. The third-order valence-corrected chi connectivity index (χ3v) is 6.01. The molecule has 0 bridgehead atoms. The number of benzene rings is 2. The van der Waals surface area contributed by atoms with Crippen molar-refractivity contribution >= 4 is 73.7 Å². The van der Waals surface area contributed by atoms with E-state index >= 15 is 0 Å². The predicted molar refractivity (Wildman–Crippen MR) is 121 cm³/mol. The number of aryl methyl sites for hydroxylation is 1. The highest BCUT2D eigenvalue weighted by Gasteiger charge is 2.18. The van der Waals surface area contributed by atoms with Crippen molar-refractivity contribution in [2.45, 2.75) is 6.92 Å². The second-order valence-electron chi connectivity index (χ2n) is 6.05. The average molecular weight is 449 g/mol. The first kappa shape index (κ1) is 21.0. The summed E-state index contributed by atoms with van der Waals surface area (Å²) in [5, 5.41) is 7.68. The summed E-state index contributed by atoms with van der Waals surface area (Å²) in [4.78, 5) is 23.9. The van der Waals surface area contributed by atoms with Crippen molar-refractivity contribution in [3.63, 3.8) is 0 Å². The van der Waals surface area contributed by atoms with Gasteiger partial charge in [0, 0.05) is 21.5 Å². The number of hydrogen-bond acceptors (Lipinski definition) is 6. The lowest BCUT2D eigenvalue weighted by molar-refractivity contribution is 0.0594. The van der Waals surface area contributed by atoms with Crippen LogP contribution in [0.25, 0.3) is 10.1 Å². The first-order valence-corrected chi connectivity index (χ1v) is 10.0. The SMILES string of the molecule is COC(=O)c1ccc(C)c(NC(=S)Nc2ccc3c(Cl)c(C(=O)OC)sc3c2)c1. The van der Waals surface area contributed by atoms with Crippen LogP contribution in [-0.2, 0) is 9.47 Å². The van der Waals surface area contributed by atoms with E-state index in [-0.39, 0.29) is 0 Å². The van der Waals surface area contributed by atoms with Crippen LogP contribution in [0.4, 0.5) is 11.4 Å². The molecule has 0 saturated carbocycles. The van der Waals surface area contributed by atoms with Crippen molar-refractivity contribution < 1.29 is 19.1 Å². The Balaban J connectivity index is 1.80. The lowest BCUT2D eigenvalue weighted by Gasteiger charge is -2.13. The van der Waals surface area contributed by atoms with Crippen molar-refractivity contribution in [2.75, 3.05) is 24.9 Å². The number of anilines is 2. The second kappa shape index (κ2) is 8.77. The van der Waals surface area contributed by atoms with E-state index in [0.717, 1.165) is 21.3 Å². The number of ether oxygens (including phenoxy) is 2. The fourth-order valence-corrected chi connectivity index (χ4v) is 4.35. The highest BCUT2D eigenvalue weighted by atomic mass is 35.5. The Labute approximate surface area is 181 Å². The van der Waals surface area contributed by atoms with E-state index in [0.29, 0.717) is 26.3 Å². The van der Waals surface area contributed by atoms with Gasteiger partial charge in [0.1, 0.15) is 4.88 Å². The molecule has 0 amide bonds. The van der Waals surface area contributed by atoms with Crippen LogP contribution in [0.2, 0.25) is 5.02 Å². The minimum absolute atomic E-state index is 0.352. The van der Waals surface area contributed by atoms with Gasteiger partial charge in [-0.25, -0.2) is 9.59 Å². The van der Waals surface area contributed by atoms with Crippen molar-refractivity contribution in [3.8, 4) is 0 Å². The molecule has 0 aliphatic rings. The molecule has 3 aromatic rings. The van der Waals surface area contributed by atoms with E-state index in [4.69, 9.17) is 33.3 Å². The fourth-order valence-electron chi connectivity index (χ4n) is 2.65. The van der Waals surface area contributed by atoms with E-state index in [9.17, 15) is 9.59 Å². The monoisotopic (exact) mass is 448 g/mol. The predicted octanol–water partition coefficient (Wildman–Crippen LogP) is 5.25. The van der Waals surface area contributed by atoms with Crippen LogP contribution in [0, 0.1) is 6.92 Å². The van der Waals surface area contributed by atoms with E-state index < -0.39 is 11.9 Å². The summed E-state index contributed by atoms with van der Waals surface area (Å²) in [7, 11) is 2.65. The molecule has 0 radical (unpaired) electrons. The number of thiophene rings is 1. The zero-order valence-electron chi connectivity index (χ0n) is 15.8. The van der Waals surface area contributed by atoms with Crippen molar-refractivity contribution in [2.24, 2.45) is 0 Å². The number of carbonyl (C=O) groups excluding carboxylic acids is 2. The van der Waals surface area contributed by atoms with Gasteiger partial charge in [-0.3, -0.25) is 0 Å². The van der Waals surface area contributed by atoms with Gasteiger partial charge < -0.3 is 20.1 Å². The van der Waals surface area contributed by atoms with Crippen LogP contribution < -0.4 is 10.6 Å². The Hall–Kier alpha value is -2.68. The molecule has 0 spiro atoms. The number of nitrogens with one attached hydrogen (secondary N) is 2. The highest BCUT2D eigenvalue weighted by molar-refractivity contribution is 7.80. The molecule has 0 aliphatic carbocycles. The molecule has 6 nitrogen and oxygen atoms in total. The maximum atomic E-state index is 11.8. The quantitative estimate of drug-likeness (QED) is 0.417. The van der Waals surface area contributed by atoms with E-state index in [2.05, 4.69) is 10.6 Å². The van der Waals surface area contributed by atoms with Gasteiger partial charge in [0.2, 0.25) is 0 Å².